The second-order valence-corrected chi connectivity index (χ2v) is 10.0. The lowest BCUT2D eigenvalue weighted by molar-refractivity contribution is 0.406. The van der Waals surface area contributed by atoms with Gasteiger partial charge in [0, 0.05) is 17.3 Å². The van der Waals surface area contributed by atoms with E-state index in [0.717, 1.165) is 29.0 Å². The standard InChI is InChI=1S/C26H26N2O4S/c1-31-19-11-9-18(10-12-19)28-33(29,30)21-13-14-25-24(16-21)22-7-4-8-23(22)26(27-25)17-5-3-6-20(15-17)32-2/h3-7,9-16,22-23,26-28H,8H2,1-2H3/t22-,23+,26+/m0/s1. The zero-order valence-corrected chi connectivity index (χ0v) is 19.3. The van der Waals surface area contributed by atoms with Crippen molar-refractivity contribution < 1.29 is 17.9 Å². The van der Waals surface area contributed by atoms with E-state index in [1.165, 1.54) is 0 Å². The summed E-state index contributed by atoms with van der Waals surface area (Å²) >= 11 is 0. The molecule has 0 spiro atoms. The van der Waals surface area contributed by atoms with Gasteiger partial charge in [-0.05, 0) is 78.1 Å². The second-order valence-electron chi connectivity index (χ2n) is 8.34. The molecule has 3 aromatic carbocycles. The number of sulfonamides is 1. The molecule has 5 rings (SSSR count). The van der Waals surface area contributed by atoms with Crippen LogP contribution < -0.4 is 19.5 Å². The molecule has 2 N–H and O–H groups in total. The van der Waals surface area contributed by atoms with Gasteiger partial charge in [0.2, 0.25) is 0 Å². The van der Waals surface area contributed by atoms with Crippen LogP contribution >= 0.6 is 0 Å². The smallest absolute Gasteiger partial charge is 0.261 e. The van der Waals surface area contributed by atoms with Gasteiger partial charge < -0.3 is 14.8 Å². The molecule has 0 saturated heterocycles. The number of allylic oxidation sites excluding steroid dienone is 2. The van der Waals surface area contributed by atoms with Crippen LogP contribution in [0.3, 0.4) is 0 Å². The molecule has 0 bridgehead atoms. The largest absolute Gasteiger partial charge is 0.497 e. The van der Waals surface area contributed by atoms with Gasteiger partial charge in [-0.15, -0.1) is 0 Å². The van der Waals surface area contributed by atoms with E-state index >= 15 is 0 Å². The van der Waals surface area contributed by atoms with E-state index in [2.05, 4.69) is 34.3 Å². The molecule has 0 fully saturated rings. The summed E-state index contributed by atoms with van der Waals surface area (Å²) in [6.45, 7) is 0. The molecule has 3 atom stereocenters. The number of rotatable bonds is 6. The molecule has 3 aromatic rings. The first kappa shape index (κ1) is 21.4. The molecule has 170 valence electrons. The van der Waals surface area contributed by atoms with Crippen molar-refractivity contribution in [2.45, 2.75) is 23.3 Å². The monoisotopic (exact) mass is 462 g/mol. The molecule has 7 heteroatoms. The lowest BCUT2D eigenvalue weighted by atomic mass is 9.77. The third kappa shape index (κ3) is 4.04. The quantitative estimate of drug-likeness (QED) is 0.484. The third-order valence-electron chi connectivity index (χ3n) is 6.44. The fourth-order valence-corrected chi connectivity index (χ4v) is 5.87. The number of nitrogens with one attached hydrogen (secondary N) is 2. The average Bonchev–Trinajstić information content (AvgIpc) is 3.34. The predicted octanol–water partition coefficient (Wildman–Crippen LogP) is 5.33. The summed E-state index contributed by atoms with van der Waals surface area (Å²) in [6, 6.07) is 20.4. The number of benzene rings is 3. The van der Waals surface area contributed by atoms with Crippen LogP contribution in [-0.4, -0.2) is 22.6 Å². The SMILES string of the molecule is COc1ccc(NS(=O)(=O)c2ccc3c(c2)[C@H]2C=CC[C@H]2[C@@H](c2cccc(OC)c2)N3)cc1. The molecule has 1 heterocycles. The zero-order valence-electron chi connectivity index (χ0n) is 18.5. The lowest BCUT2D eigenvalue weighted by Gasteiger charge is -2.37. The minimum Gasteiger partial charge on any atom is -0.497 e. The molecule has 33 heavy (non-hydrogen) atoms. The van der Waals surface area contributed by atoms with E-state index in [0.29, 0.717) is 17.4 Å². The maximum atomic E-state index is 13.1. The Balaban J connectivity index is 1.46. The second kappa shape index (κ2) is 8.48. The van der Waals surface area contributed by atoms with Crippen molar-refractivity contribution >= 4 is 21.4 Å². The van der Waals surface area contributed by atoms with Crippen LogP contribution in [0.1, 0.15) is 29.5 Å². The molecular formula is C26H26N2O4S. The van der Waals surface area contributed by atoms with E-state index in [1.54, 1.807) is 50.6 Å². The molecule has 0 radical (unpaired) electrons. The summed E-state index contributed by atoms with van der Waals surface area (Å²) in [6.07, 6.45) is 5.32. The highest BCUT2D eigenvalue weighted by atomic mass is 32.2. The molecule has 6 nitrogen and oxygen atoms in total. The first-order valence-corrected chi connectivity index (χ1v) is 12.3. The summed E-state index contributed by atoms with van der Waals surface area (Å²) in [4.78, 5) is 0.248. The van der Waals surface area contributed by atoms with Crippen LogP contribution in [0.5, 0.6) is 11.5 Å². The minimum atomic E-state index is -3.73. The van der Waals surface area contributed by atoms with Gasteiger partial charge in [0.15, 0.2) is 0 Å². The number of hydrogen-bond donors (Lipinski definition) is 2. The normalized spacial score (nSPS) is 21.0. The molecule has 1 aliphatic carbocycles. The van der Waals surface area contributed by atoms with Crippen LogP contribution in [0, 0.1) is 5.92 Å². The van der Waals surface area contributed by atoms with Crippen molar-refractivity contribution in [3.63, 3.8) is 0 Å². The Morgan fingerprint density at radius 2 is 1.73 bits per heavy atom. The van der Waals surface area contributed by atoms with Crippen LogP contribution in [0.4, 0.5) is 11.4 Å². The Labute approximate surface area is 194 Å². The summed E-state index contributed by atoms with van der Waals surface area (Å²) in [5.41, 5.74) is 3.62. The highest BCUT2D eigenvalue weighted by Crippen LogP contribution is 2.50. The van der Waals surface area contributed by atoms with Gasteiger partial charge in [-0.3, -0.25) is 4.72 Å². The number of hydrogen-bond acceptors (Lipinski definition) is 5. The molecule has 0 aromatic heterocycles. The molecular weight excluding hydrogens is 436 g/mol. The summed E-state index contributed by atoms with van der Waals surface area (Å²) in [5, 5.41) is 3.65. The van der Waals surface area contributed by atoms with Gasteiger partial charge in [0.25, 0.3) is 10.0 Å². The van der Waals surface area contributed by atoms with Gasteiger partial charge >= 0.3 is 0 Å². The predicted molar refractivity (Wildman–Crippen MR) is 130 cm³/mol. The van der Waals surface area contributed by atoms with E-state index in [-0.39, 0.29) is 16.9 Å². The highest BCUT2D eigenvalue weighted by Gasteiger charge is 2.38. The van der Waals surface area contributed by atoms with Gasteiger partial charge in [-0.1, -0.05) is 24.3 Å². The Bertz CT molecular complexity index is 1300. The van der Waals surface area contributed by atoms with E-state index in [4.69, 9.17) is 9.47 Å². The van der Waals surface area contributed by atoms with Crippen molar-refractivity contribution in [3.05, 3.63) is 90.0 Å². The molecule has 0 amide bonds. The molecule has 1 aliphatic heterocycles. The Morgan fingerprint density at radius 1 is 0.939 bits per heavy atom. The maximum absolute atomic E-state index is 13.1. The summed E-state index contributed by atoms with van der Waals surface area (Å²) in [7, 11) is -0.484. The van der Waals surface area contributed by atoms with Crippen molar-refractivity contribution in [3.8, 4) is 11.5 Å². The van der Waals surface area contributed by atoms with Crippen LogP contribution in [0.25, 0.3) is 0 Å². The van der Waals surface area contributed by atoms with Crippen LogP contribution in [0.15, 0.2) is 83.8 Å². The molecule has 0 saturated carbocycles. The zero-order chi connectivity index (χ0) is 23.0. The minimum absolute atomic E-state index is 0.118. The van der Waals surface area contributed by atoms with Gasteiger partial charge in [-0.25, -0.2) is 8.42 Å². The van der Waals surface area contributed by atoms with Crippen molar-refractivity contribution in [2.24, 2.45) is 5.92 Å². The van der Waals surface area contributed by atoms with Crippen LogP contribution in [0.2, 0.25) is 0 Å². The van der Waals surface area contributed by atoms with Gasteiger partial charge in [-0.2, -0.15) is 0 Å². The first-order valence-electron chi connectivity index (χ1n) is 10.9. The molecule has 0 unspecified atom stereocenters. The Kier molecular flexibility index (Phi) is 5.50. The van der Waals surface area contributed by atoms with E-state index in [9.17, 15) is 8.42 Å². The van der Waals surface area contributed by atoms with E-state index in [1.807, 2.05) is 18.2 Å². The maximum Gasteiger partial charge on any atom is 0.261 e. The fourth-order valence-electron chi connectivity index (χ4n) is 4.78. The molecule has 2 aliphatic rings. The fraction of sp³-hybridized carbons (Fsp3) is 0.231. The topological polar surface area (TPSA) is 76.7 Å². The Hall–Kier alpha value is -3.45. The number of anilines is 2. The number of ether oxygens (including phenoxy) is 2. The van der Waals surface area contributed by atoms with E-state index < -0.39 is 10.0 Å². The van der Waals surface area contributed by atoms with Gasteiger partial charge in [0.1, 0.15) is 11.5 Å². The first-order chi connectivity index (χ1) is 16.0. The number of fused-ring (bicyclic) bond motifs is 3. The van der Waals surface area contributed by atoms with Crippen LogP contribution in [-0.2, 0) is 10.0 Å². The van der Waals surface area contributed by atoms with Crippen molar-refractivity contribution in [2.75, 3.05) is 24.3 Å². The summed E-state index contributed by atoms with van der Waals surface area (Å²) in [5.74, 6) is 1.95. The van der Waals surface area contributed by atoms with Crippen molar-refractivity contribution in [1.29, 1.82) is 0 Å². The summed E-state index contributed by atoms with van der Waals surface area (Å²) < 4.78 is 39.4. The average molecular weight is 463 g/mol. The Morgan fingerprint density at radius 3 is 2.48 bits per heavy atom. The third-order valence-corrected chi connectivity index (χ3v) is 7.82. The van der Waals surface area contributed by atoms with Gasteiger partial charge in [0.05, 0.1) is 25.2 Å². The number of methoxy groups -OCH3 is 2. The van der Waals surface area contributed by atoms with Crippen molar-refractivity contribution in [1.82, 2.24) is 0 Å². The highest BCUT2D eigenvalue weighted by molar-refractivity contribution is 7.92. The lowest BCUT2D eigenvalue weighted by Crippen LogP contribution is -2.29.